The van der Waals surface area contributed by atoms with Gasteiger partial charge >= 0.3 is 0 Å². The van der Waals surface area contributed by atoms with Crippen molar-refractivity contribution in [1.29, 1.82) is 0 Å². The lowest BCUT2D eigenvalue weighted by molar-refractivity contribution is -0.0128. The van der Waals surface area contributed by atoms with Crippen molar-refractivity contribution in [1.82, 2.24) is 9.88 Å². The summed E-state index contributed by atoms with van der Waals surface area (Å²) in [5.41, 5.74) is 2.27. The van der Waals surface area contributed by atoms with Crippen LogP contribution in [0.5, 0.6) is 5.75 Å². The largest absolute Gasteiger partial charge is 0.508 e. The summed E-state index contributed by atoms with van der Waals surface area (Å²) < 4.78 is 5.62. The topological polar surface area (TPSA) is 45.6 Å². The van der Waals surface area contributed by atoms with Crippen LogP contribution in [0.4, 0.5) is 0 Å². The lowest BCUT2D eigenvalue weighted by Gasteiger charge is -2.34. The molecule has 0 aliphatic carbocycles. The maximum Gasteiger partial charge on any atom is 0.115 e. The standard InChI is InChI=1S/C15H18N2O2S/c1-11-10-20-15(16-11)14-9-19-7-6-17(14)8-12-2-4-13(18)5-3-12/h2-5,10,14,18H,6-9H2,1H3/t14-/m0/s1. The van der Waals surface area contributed by atoms with E-state index in [9.17, 15) is 5.11 Å². The summed E-state index contributed by atoms with van der Waals surface area (Å²) in [5, 5.41) is 12.6. The van der Waals surface area contributed by atoms with E-state index in [1.165, 1.54) is 5.56 Å². The molecule has 0 radical (unpaired) electrons. The quantitative estimate of drug-likeness (QED) is 0.944. The van der Waals surface area contributed by atoms with Crippen molar-refractivity contribution in [2.24, 2.45) is 0 Å². The van der Waals surface area contributed by atoms with Crippen molar-refractivity contribution < 1.29 is 9.84 Å². The highest BCUT2D eigenvalue weighted by Gasteiger charge is 2.26. The molecular formula is C15H18N2O2S. The lowest BCUT2D eigenvalue weighted by atomic mass is 10.1. The Labute approximate surface area is 122 Å². The Balaban J connectivity index is 1.77. The maximum absolute atomic E-state index is 9.35. The molecule has 0 unspecified atom stereocenters. The van der Waals surface area contributed by atoms with Crippen molar-refractivity contribution in [3.63, 3.8) is 0 Å². The minimum Gasteiger partial charge on any atom is -0.508 e. The molecule has 0 spiro atoms. The van der Waals surface area contributed by atoms with Crippen LogP contribution >= 0.6 is 11.3 Å². The first-order valence-corrected chi connectivity index (χ1v) is 7.62. The number of phenolic OH excluding ortho intramolecular Hbond substituents is 1. The minimum absolute atomic E-state index is 0.233. The zero-order valence-electron chi connectivity index (χ0n) is 11.5. The summed E-state index contributed by atoms with van der Waals surface area (Å²) in [4.78, 5) is 6.99. The second-order valence-corrected chi connectivity index (χ2v) is 5.94. The summed E-state index contributed by atoms with van der Waals surface area (Å²) in [6.07, 6.45) is 0. The molecule has 1 atom stereocenters. The molecule has 1 aromatic carbocycles. The maximum atomic E-state index is 9.35. The molecule has 5 heteroatoms. The van der Waals surface area contributed by atoms with E-state index in [0.29, 0.717) is 12.4 Å². The molecule has 3 rings (SSSR count). The monoisotopic (exact) mass is 290 g/mol. The van der Waals surface area contributed by atoms with Crippen molar-refractivity contribution in [2.75, 3.05) is 19.8 Å². The van der Waals surface area contributed by atoms with E-state index in [4.69, 9.17) is 4.74 Å². The van der Waals surface area contributed by atoms with E-state index in [0.717, 1.165) is 30.4 Å². The van der Waals surface area contributed by atoms with E-state index in [-0.39, 0.29) is 6.04 Å². The number of morpholine rings is 1. The molecule has 1 aliphatic heterocycles. The molecule has 0 bridgehead atoms. The lowest BCUT2D eigenvalue weighted by Crippen LogP contribution is -2.38. The molecule has 1 saturated heterocycles. The third-order valence-corrected chi connectivity index (χ3v) is 4.55. The molecule has 0 saturated carbocycles. The van der Waals surface area contributed by atoms with Crippen LogP contribution in [0.1, 0.15) is 22.3 Å². The van der Waals surface area contributed by atoms with Crippen LogP contribution < -0.4 is 0 Å². The van der Waals surface area contributed by atoms with Gasteiger partial charge < -0.3 is 9.84 Å². The van der Waals surface area contributed by atoms with Crippen LogP contribution in [0, 0.1) is 6.92 Å². The van der Waals surface area contributed by atoms with Gasteiger partial charge in [0.1, 0.15) is 10.8 Å². The first kappa shape index (κ1) is 13.5. The van der Waals surface area contributed by atoms with Gasteiger partial charge in [-0.05, 0) is 24.6 Å². The van der Waals surface area contributed by atoms with E-state index < -0.39 is 0 Å². The smallest absolute Gasteiger partial charge is 0.115 e. The van der Waals surface area contributed by atoms with Crippen molar-refractivity contribution in [3.05, 3.63) is 45.9 Å². The number of rotatable bonds is 3. The average Bonchev–Trinajstić information content (AvgIpc) is 2.88. The molecule has 2 heterocycles. The number of aromatic nitrogens is 1. The Morgan fingerprint density at radius 2 is 2.20 bits per heavy atom. The van der Waals surface area contributed by atoms with E-state index in [1.54, 1.807) is 23.5 Å². The van der Waals surface area contributed by atoms with Gasteiger partial charge in [-0.2, -0.15) is 0 Å². The number of aryl methyl sites for hydroxylation is 1. The number of thiazole rings is 1. The normalized spacial score (nSPS) is 20.1. The molecule has 1 N–H and O–H groups in total. The van der Waals surface area contributed by atoms with Gasteiger partial charge in [-0.15, -0.1) is 11.3 Å². The number of nitrogens with zero attached hydrogens (tertiary/aromatic N) is 2. The van der Waals surface area contributed by atoms with Gasteiger partial charge in [-0.25, -0.2) is 4.98 Å². The second kappa shape index (κ2) is 5.91. The van der Waals surface area contributed by atoms with Gasteiger partial charge in [0.05, 0.1) is 19.3 Å². The first-order valence-electron chi connectivity index (χ1n) is 6.74. The Hall–Kier alpha value is -1.43. The van der Waals surface area contributed by atoms with Crippen LogP contribution in [-0.4, -0.2) is 34.7 Å². The third kappa shape index (κ3) is 3.00. The highest BCUT2D eigenvalue weighted by atomic mass is 32.1. The SMILES string of the molecule is Cc1csc([C@@H]2COCCN2Cc2ccc(O)cc2)n1. The van der Waals surface area contributed by atoms with Crippen molar-refractivity contribution >= 4 is 11.3 Å². The molecular weight excluding hydrogens is 272 g/mol. The highest BCUT2D eigenvalue weighted by Crippen LogP contribution is 2.28. The van der Waals surface area contributed by atoms with Gasteiger partial charge in [-0.1, -0.05) is 12.1 Å². The Kier molecular flexibility index (Phi) is 4.00. The van der Waals surface area contributed by atoms with Gasteiger partial charge in [0.15, 0.2) is 0 Å². The Morgan fingerprint density at radius 3 is 2.90 bits per heavy atom. The molecule has 20 heavy (non-hydrogen) atoms. The van der Waals surface area contributed by atoms with Crippen molar-refractivity contribution in [3.8, 4) is 5.75 Å². The van der Waals surface area contributed by atoms with Gasteiger partial charge in [0.2, 0.25) is 0 Å². The second-order valence-electron chi connectivity index (χ2n) is 5.05. The molecule has 1 fully saturated rings. The minimum atomic E-state index is 0.233. The number of hydrogen-bond donors (Lipinski definition) is 1. The predicted octanol–water partition coefficient (Wildman–Crippen LogP) is 2.73. The molecule has 0 amide bonds. The van der Waals surface area contributed by atoms with Crippen LogP contribution in [0.15, 0.2) is 29.6 Å². The number of phenols is 1. The van der Waals surface area contributed by atoms with Crippen LogP contribution in [-0.2, 0) is 11.3 Å². The highest BCUT2D eigenvalue weighted by molar-refractivity contribution is 7.09. The van der Waals surface area contributed by atoms with E-state index in [2.05, 4.69) is 15.3 Å². The molecule has 4 nitrogen and oxygen atoms in total. The summed E-state index contributed by atoms with van der Waals surface area (Å²) in [7, 11) is 0. The number of benzene rings is 1. The third-order valence-electron chi connectivity index (χ3n) is 3.48. The molecule has 1 aromatic heterocycles. The number of hydrogen-bond acceptors (Lipinski definition) is 5. The zero-order chi connectivity index (χ0) is 13.9. The molecule has 2 aromatic rings. The predicted molar refractivity (Wildman–Crippen MR) is 78.9 cm³/mol. The first-order chi connectivity index (χ1) is 9.72. The van der Waals surface area contributed by atoms with Gasteiger partial charge in [0, 0.05) is 24.2 Å². The Morgan fingerprint density at radius 1 is 1.40 bits per heavy atom. The molecule has 106 valence electrons. The van der Waals surface area contributed by atoms with Gasteiger partial charge in [0.25, 0.3) is 0 Å². The Bertz CT molecular complexity index is 568. The zero-order valence-corrected chi connectivity index (χ0v) is 12.3. The van der Waals surface area contributed by atoms with E-state index in [1.807, 2.05) is 19.1 Å². The fourth-order valence-electron chi connectivity index (χ4n) is 2.42. The summed E-state index contributed by atoms with van der Waals surface area (Å²) in [6.45, 7) is 5.25. The fraction of sp³-hybridized carbons (Fsp3) is 0.400. The van der Waals surface area contributed by atoms with Crippen LogP contribution in [0.2, 0.25) is 0 Å². The number of aromatic hydroxyl groups is 1. The van der Waals surface area contributed by atoms with E-state index >= 15 is 0 Å². The summed E-state index contributed by atoms with van der Waals surface area (Å²) in [6, 6.07) is 7.64. The molecule has 1 aliphatic rings. The van der Waals surface area contributed by atoms with Crippen molar-refractivity contribution in [2.45, 2.75) is 19.5 Å². The summed E-state index contributed by atoms with van der Waals surface area (Å²) >= 11 is 1.70. The summed E-state index contributed by atoms with van der Waals surface area (Å²) in [5.74, 6) is 0.308. The average molecular weight is 290 g/mol. The van der Waals surface area contributed by atoms with Crippen LogP contribution in [0.3, 0.4) is 0 Å². The number of ether oxygens (including phenoxy) is 1. The fourth-order valence-corrected chi connectivity index (χ4v) is 3.33. The van der Waals surface area contributed by atoms with Gasteiger partial charge in [-0.3, -0.25) is 4.90 Å². The van der Waals surface area contributed by atoms with Crippen LogP contribution in [0.25, 0.3) is 0 Å².